The van der Waals surface area contributed by atoms with Crippen LogP contribution in [0.5, 0.6) is 0 Å². The Morgan fingerprint density at radius 3 is 2.71 bits per heavy atom. The van der Waals surface area contributed by atoms with Gasteiger partial charge in [-0.25, -0.2) is 8.42 Å². The van der Waals surface area contributed by atoms with Crippen molar-refractivity contribution in [2.75, 3.05) is 31.9 Å². The number of hydrogen-bond donors (Lipinski definition) is 2. The summed E-state index contributed by atoms with van der Waals surface area (Å²) < 4.78 is 23.5. The fourth-order valence-corrected chi connectivity index (χ4v) is 3.98. The zero-order valence-electron chi connectivity index (χ0n) is 14.4. The maximum atomic E-state index is 12.1. The number of guanidine groups is 1. The molecule has 8 heteroatoms. The predicted octanol–water partition coefficient (Wildman–Crippen LogP) is 0.590. The van der Waals surface area contributed by atoms with Gasteiger partial charge in [0.15, 0.2) is 15.8 Å². The number of hydrogen-bond acceptors (Lipinski definition) is 5. The van der Waals surface area contributed by atoms with E-state index in [1.807, 2.05) is 11.8 Å². The van der Waals surface area contributed by atoms with E-state index in [1.54, 1.807) is 38.4 Å². The van der Waals surface area contributed by atoms with Crippen LogP contribution in [0.4, 0.5) is 0 Å². The van der Waals surface area contributed by atoms with Gasteiger partial charge >= 0.3 is 0 Å². The number of pyridine rings is 1. The summed E-state index contributed by atoms with van der Waals surface area (Å²) >= 11 is 0. The van der Waals surface area contributed by atoms with Crippen LogP contribution in [0.15, 0.2) is 29.5 Å². The SMILES string of the molecule is CCNC(=NCC(O)c1ccncc1)N1CCS(=O)(=O)C(C)(C)C1. The first kappa shape index (κ1) is 18.7. The summed E-state index contributed by atoms with van der Waals surface area (Å²) in [5.74, 6) is 0.741. The summed E-state index contributed by atoms with van der Waals surface area (Å²) in [5.41, 5.74) is 0.756. The molecule has 0 aromatic carbocycles. The zero-order chi connectivity index (χ0) is 17.8. The standard InChI is InChI=1S/C16H26N4O3S/c1-4-18-15(19-11-14(21)13-5-7-17-8-6-13)20-9-10-24(22,23)16(2,3)12-20/h5-8,14,21H,4,9-12H2,1-3H3,(H,18,19). The van der Waals surface area contributed by atoms with E-state index in [4.69, 9.17) is 0 Å². The number of sulfone groups is 1. The van der Waals surface area contributed by atoms with Crippen LogP contribution in [0.3, 0.4) is 0 Å². The molecule has 0 aliphatic carbocycles. The molecule has 1 aliphatic rings. The Kier molecular flexibility index (Phi) is 5.82. The lowest BCUT2D eigenvalue weighted by Crippen LogP contribution is -2.57. The number of aliphatic hydroxyl groups is 1. The van der Waals surface area contributed by atoms with Gasteiger partial charge in [-0.05, 0) is 38.5 Å². The molecule has 1 aromatic heterocycles. The second kappa shape index (κ2) is 7.48. The zero-order valence-corrected chi connectivity index (χ0v) is 15.3. The lowest BCUT2D eigenvalue weighted by Gasteiger charge is -2.39. The normalized spacial score (nSPS) is 21.3. The first-order chi connectivity index (χ1) is 11.3. The van der Waals surface area contributed by atoms with E-state index in [1.165, 1.54) is 0 Å². The fourth-order valence-electron chi connectivity index (χ4n) is 2.61. The molecule has 1 saturated heterocycles. The van der Waals surface area contributed by atoms with Crippen molar-refractivity contribution in [1.82, 2.24) is 15.2 Å². The number of aliphatic imine (C=N–C) groups is 1. The summed E-state index contributed by atoms with van der Waals surface area (Å²) in [4.78, 5) is 10.4. The quantitative estimate of drug-likeness (QED) is 0.607. The van der Waals surface area contributed by atoms with Crippen LogP contribution >= 0.6 is 0 Å². The molecular weight excluding hydrogens is 328 g/mol. The number of aromatic nitrogens is 1. The molecule has 0 saturated carbocycles. The van der Waals surface area contributed by atoms with E-state index >= 15 is 0 Å². The largest absolute Gasteiger partial charge is 0.386 e. The molecule has 2 rings (SSSR count). The summed E-state index contributed by atoms with van der Waals surface area (Å²) in [5, 5.41) is 13.4. The van der Waals surface area contributed by atoms with Gasteiger partial charge in [0.25, 0.3) is 0 Å². The Balaban J connectivity index is 2.11. The van der Waals surface area contributed by atoms with Crippen LogP contribution in [0.2, 0.25) is 0 Å². The molecule has 1 aromatic rings. The second-order valence-corrected chi connectivity index (χ2v) is 9.23. The minimum absolute atomic E-state index is 0.108. The molecule has 0 bridgehead atoms. The molecular formula is C16H26N4O3S. The number of nitrogens with one attached hydrogen (secondary N) is 1. The van der Waals surface area contributed by atoms with Gasteiger partial charge in [-0.2, -0.15) is 0 Å². The average molecular weight is 354 g/mol. The van der Waals surface area contributed by atoms with Gasteiger partial charge in [-0.15, -0.1) is 0 Å². The Bertz CT molecular complexity index is 674. The van der Waals surface area contributed by atoms with Gasteiger partial charge in [0.2, 0.25) is 0 Å². The number of rotatable bonds is 4. The van der Waals surface area contributed by atoms with Crippen LogP contribution in [0.25, 0.3) is 0 Å². The summed E-state index contributed by atoms with van der Waals surface area (Å²) in [7, 11) is -3.10. The van der Waals surface area contributed by atoms with Crippen molar-refractivity contribution in [1.29, 1.82) is 0 Å². The fraction of sp³-hybridized carbons (Fsp3) is 0.625. The van der Waals surface area contributed by atoms with Crippen molar-refractivity contribution in [3.05, 3.63) is 30.1 Å². The van der Waals surface area contributed by atoms with E-state index in [-0.39, 0.29) is 12.3 Å². The molecule has 1 fully saturated rings. The highest BCUT2D eigenvalue weighted by Gasteiger charge is 2.40. The van der Waals surface area contributed by atoms with E-state index in [2.05, 4.69) is 15.3 Å². The molecule has 2 N–H and O–H groups in total. The molecule has 1 atom stereocenters. The van der Waals surface area contributed by atoms with Gasteiger partial charge in [-0.1, -0.05) is 0 Å². The molecule has 2 heterocycles. The van der Waals surface area contributed by atoms with Crippen LogP contribution in [0, 0.1) is 0 Å². The minimum atomic E-state index is -3.10. The van der Waals surface area contributed by atoms with Crippen molar-refractivity contribution in [3.8, 4) is 0 Å². The van der Waals surface area contributed by atoms with E-state index in [9.17, 15) is 13.5 Å². The van der Waals surface area contributed by atoms with Gasteiger partial charge in [-0.3, -0.25) is 9.98 Å². The van der Waals surface area contributed by atoms with E-state index < -0.39 is 20.7 Å². The number of nitrogens with zero attached hydrogens (tertiary/aromatic N) is 3. The highest BCUT2D eigenvalue weighted by molar-refractivity contribution is 7.92. The summed E-state index contributed by atoms with van der Waals surface area (Å²) in [6, 6.07) is 3.51. The van der Waals surface area contributed by atoms with Crippen LogP contribution in [-0.4, -0.2) is 66.0 Å². The molecule has 1 unspecified atom stereocenters. The minimum Gasteiger partial charge on any atom is -0.386 e. The van der Waals surface area contributed by atoms with Gasteiger partial charge in [0, 0.05) is 32.0 Å². The smallest absolute Gasteiger partial charge is 0.194 e. The molecule has 0 radical (unpaired) electrons. The Morgan fingerprint density at radius 2 is 2.12 bits per heavy atom. The van der Waals surface area contributed by atoms with Gasteiger partial charge in [0.05, 0.1) is 23.1 Å². The topological polar surface area (TPSA) is 94.9 Å². The highest BCUT2D eigenvalue weighted by atomic mass is 32.2. The monoisotopic (exact) mass is 354 g/mol. The van der Waals surface area contributed by atoms with Crippen LogP contribution in [-0.2, 0) is 9.84 Å². The van der Waals surface area contributed by atoms with Crippen molar-refractivity contribution >= 4 is 15.8 Å². The van der Waals surface area contributed by atoms with Gasteiger partial charge < -0.3 is 15.3 Å². The molecule has 0 spiro atoms. The lowest BCUT2D eigenvalue weighted by atomic mass is 10.1. The molecule has 7 nitrogen and oxygen atoms in total. The lowest BCUT2D eigenvalue weighted by molar-refractivity contribution is 0.186. The molecule has 24 heavy (non-hydrogen) atoms. The van der Waals surface area contributed by atoms with Crippen molar-refractivity contribution in [2.45, 2.75) is 31.6 Å². The third-order valence-electron chi connectivity index (χ3n) is 4.18. The van der Waals surface area contributed by atoms with Crippen molar-refractivity contribution < 1.29 is 13.5 Å². The molecule has 1 aliphatic heterocycles. The Labute approximate surface area is 143 Å². The second-order valence-electron chi connectivity index (χ2n) is 6.49. The Hall–Kier alpha value is -1.67. The van der Waals surface area contributed by atoms with E-state index in [0.29, 0.717) is 25.6 Å². The van der Waals surface area contributed by atoms with Crippen molar-refractivity contribution in [2.24, 2.45) is 4.99 Å². The average Bonchev–Trinajstić information content (AvgIpc) is 2.54. The van der Waals surface area contributed by atoms with Crippen molar-refractivity contribution in [3.63, 3.8) is 0 Å². The third kappa shape index (κ3) is 4.24. The van der Waals surface area contributed by atoms with Gasteiger partial charge in [0.1, 0.15) is 0 Å². The summed E-state index contributed by atoms with van der Waals surface area (Å²) in [6.07, 6.45) is 2.54. The number of aliphatic hydroxyl groups excluding tert-OH is 1. The molecule has 134 valence electrons. The summed E-state index contributed by atoms with van der Waals surface area (Å²) in [6.45, 7) is 7.10. The Morgan fingerprint density at radius 1 is 1.46 bits per heavy atom. The third-order valence-corrected chi connectivity index (χ3v) is 6.72. The van der Waals surface area contributed by atoms with E-state index in [0.717, 1.165) is 5.56 Å². The maximum Gasteiger partial charge on any atom is 0.194 e. The highest BCUT2D eigenvalue weighted by Crippen LogP contribution is 2.24. The first-order valence-corrected chi connectivity index (χ1v) is 9.75. The predicted molar refractivity (Wildman–Crippen MR) is 94.6 cm³/mol. The van der Waals surface area contributed by atoms with Crippen LogP contribution in [0.1, 0.15) is 32.4 Å². The molecule has 0 amide bonds. The first-order valence-electron chi connectivity index (χ1n) is 8.10. The maximum absolute atomic E-state index is 12.1. The van der Waals surface area contributed by atoms with Crippen LogP contribution < -0.4 is 5.32 Å².